The van der Waals surface area contributed by atoms with E-state index in [-0.39, 0.29) is 12.6 Å². The molecule has 0 saturated carbocycles. The summed E-state index contributed by atoms with van der Waals surface area (Å²) in [5.74, 6) is 0.863. The van der Waals surface area contributed by atoms with E-state index < -0.39 is 0 Å². The van der Waals surface area contributed by atoms with Crippen LogP contribution < -0.4 is 10.5 Å². The molecule has 4 heteroatoms. The Morgan fingerprint density at radius 1 is 1.39 bits per heavy atom. The Bertz CT molecular complexity index is 377. The van der Waals surface area contributed by atoms with Crippen LogP contribution >= 0.6 is 0 Å². The number of esters is 1. The van der Waals surface area contributed by atoms with E-state index in [0.29, 0.717) is 24.0 Å². The van der Waals surface area contributed by atoms with Crippen LogP contribution in [0.1, 0.15) is 26.7 Å². The SMILES string of the molecule is CC(C)CCCOC(=O)COc1cccc(N)c1. The Labute approximate surface area is 108 Å². The average molecular weight is 251 g/mol. The van der Waals surface area contributed by atoms with Gasteiger partial charge in [0.25, 0.3) is 0 Å². The summed E-state index contributed by atoms with van der Waals surface area (Å²) in [6.45, 7) is 4.66. The smallest absolute Gasteiger partial charge is 0.344 e. The molecular weight excluding hydrogens is 230 g/mol. The number of hydrogen-bond acceptors (Lipinski definition) is 4. The van der Waals surface area contributed by atoms with Gasteiger partial charge in [0.1, 0.15) is 5.75 Å². The van der Waals surface area contributed by atoms with Gasteiger partial charge in [-0.15, -0.1) is 0 Å². The molecular formula is C14H21NO3. The van der Waals surface area contributed by atoms with E-state index in [1.54, 1.807) is 24.3 Å². The van der Waals surface area contributed by atoms with Gasteiger partial charge in [-0.25, -0.2) is 4.79 Å². The molecule has 2 N–H and O–H groups in total. The normalized spacial score (nSPS) is 10.4. The van der Waals surface area contributed by atoms with Crippen LogP contribution in [0, 0.1) is 5.92 Å². The molecule has 0 aliphatic heterocycles. The summed E-state index contributed by atoms with van der Waals surface area (Å²) in [4.78, 5) is 11.4. The van der Waals surface area contributed by atoms with Crippen molar-refractivity contribution in [1.82, 2.24) is 0 Å². The highest BCUT2D eigenvalue weighted by Gasteiger charge is 2.04. The van der Waals surface area contributed by atoms with Gasteiger partial charge >= 0.3 is 5.97 Å². The number of carbonyl (C=O) groups is 1. The summed E-state index contributed by atoms with van der Waals surface area (Å²) in [6.07, 6.45) is 1.95. The topological polar surface area (TPSA) is 61.5 Å². The number of nitrogens with two attached hydrogens (primary N) is 1. The fourth-order valence-corrected chi connectivity index (χ4v) is 1.47. The lowest BCUT2D eigenvalue weighted by Gasteiger charge is -2.08. The fraction of sp³-hybridized carbons (Fsp3) is 0.500. The summed E-state index contributed by atoms with van der Waals surface area (Å²) in [6, 6.07) is 6.96. The van der Waals surface area contributed by atoms with Crippen molar-refractivity contribution in [1.29, 1.82) is 0 Å². The third kappa shape index (κ3) is 6.13. The van der Waals surface area contributed by atoms with E-state index in [1.807, 2.05) is 0 Å². The fourth-order valence-electron chi connectivity index (χ4n) is 1.47. The second-order valence-corrected chi connectivity index (χ2v) is 4.62. The highest BCUT2D eigenvalue weighted by Crippen LogP contribution is 2.14. The summed E-state index contributed by atoms with van der Waals surface area (Å²) >= 11 is 0. The van der Waals surface area contributed by atoms with Crippen molar-refractivity contribution in [2.75, 3.05) is 18.9 Å². The summed E-state index contributed by atoms with van der Waals surface area (Å²) in [5, 5.41) is 0. The van der Waals surface area contributed by atoms with Gasteiger partial charge in [-0.1, -0.05) is 19.9 Å². The predicted molar refractivity (Wildman–Crippen MR) is 71.4 cm³/mol. The third-order valence-corrected chi connectivity index (χ3v) is 2.40. The van der Waals surface area contributed by atoms with Crippen molar-refractivity contribution < 1.29 is 14.3 Å². The Hall–Kier alpha value is -1.71. The van der Waals surface area contributed by atoms with E-state index in [0.717, 1.165) is 12.8 Å². The molecule has 0 amide bonds. The molecule has 100 valence electrons. The van der Waals surface area contributed by atoms with Gasteiger partial charge in [-0.05, 0) is 30.9 Å². The number of anilines is 1. The number of rotatable bonds is 7. The minimum atomic E-state index is -0.346. The Morgan fingerprint density at radius 3 is 2.83 bits per heavy atom. The van der Waals surface area contributed by atoms with Gasteiger partial charge in [0.15, 0.2) is 6.61 Å². The number of ether oxygens (including phenoxy) is 2. The zero-order valence-electron chi connectivity index (χ0n) is 11.0. The van der Waals surface area contributed by atoms with E-state index in [2.05, 4.69) is 13.8 Å². The zero-order valence-corrected chi connectivity index (χ0v) is 11.0. The minimum absolute atomic E-state index is 0.0782. The molecule has 0 heterocycles. The largest absolute Gasteiger partial charge is 0.482 e. The number of hydrogen-bond donors (Lipinski definition) is 1. The second kappa shape index (κ2) is 7.58. The maximum Gasteiger partial charge on any atom is 0.344 e. The minimum Gasteiger partial charge on any atom is -0.482 e. The number of carbonyl (C=O) groups excluding carboxylic acids is 1. The van der Waals surface area contributed by atoms with Crippen LogP contribution in [-0.2, 0) is 9.53 Å². The van der Waals surface area contributed by atoms with Gasteiger partial charge in [-0.3, -0.25) is 0 Å². The lowest BCUT2D eigenvalue weighted by atomic mass is 10.1. The van der Waals surface area contributed by atoms with Gasteiger partial charge < -0.3 is 15.2 Å². The van der Waals surface area contributed by atoms with Crippen molar-refractivity contribution in [2.24, 2.45) is 5.92 Å². The van der Waals surface area contributed by atoms with Crippen LogP contribution in [0.15, 0.2) is 24.3 Å². The molecule has 0 atom stereocenters. The maximum absolute atomic E-state index is 11.4. The first-order valence-electron chi connectivity index (χ1n) is 6.22. The molecule has 0 aliphatic rings. The molecule has 18 heavy (non-hydrogen) atoms. The average Bonchev–Trinajstić information content (AvgIpc) is 2.32. The molecule has 0 radical (unpaired) electrons. The number of nitrogen functional groups attached to an aromatic ring is 1. The van der Waals surface area contributed by atoms with E-state index >= 15 is 0 Å². The Kier molecular flexibility index (Phi) is 6.05. The molecule has 0 unspecified atom stereocenters. The first-order chi connectivity index (χ1) is 8.58. The molecule has 1 aromatic rings. The molecule has 0 aliphatic carbocycles. The third-order valence-electron chi connectivity index (χ3n) is 2.40. The lowest BCUT2D eigenvalue weighted by molar-refractivity contribution is -0.146. The predicted octanol–water partition coefficient (Wildman–Crippen LogP) is 2.63. The van der Waals surface area contributed by atoms with Crippen LogP contribution in [0.3, 0.4) is 0 Å². The number of benzene rings is 1. The molecule has 0 fully saturated rings. The maximum atomic E-state index is 11.4. The molecule has 4 nitrogen and oxygen atoms in total. The lowest BCUT2D eigenvalue weighted by Crippen LogP contribution is -2.15. The van der Waals surface area contributed by atoms with E-state index in [4.69, 9.17) is 15.2 Å². The van der Waals surface area contributed by atoms with Crippen molar-refractivity contribution in [3.8, 4) is 5.75 Å². The van der Waals surface area contributed by atoms with Crippen LogP contribution in [0.4, 0.5) is 5.69 Å². The highest BCUT2D eigenvalue weighted by molar-refractivity contribution is 5.71. The molecule has 1 rings (SSSR count). The van der Waals surface area contributed by atoms with Crippen LogP contribution in [0.25, 0.3) is 0 Å². The van der Waals surface area contributed by atoms with Gasteiger partial charge in [-0.2, -0.15) is 0 Å². The van der Waals surface area contributed by atoms with Gasteiger partial charge in [0.2, 0.25) is 0 Å². The van der Waals surface area contributed by atoms with Crippen LogP contribution in [0.5, 0.6) is 5.75 Å². The van der Waals surface area contributed by atoms with Crippen molar-refractivity contribution in [3.63, 3.8) is 0 Å². The van der Waals surface area contributed by atoms with Crippen LogP contribution in [-0.4, -0.2) is 19.2 Å². The van der Waals surface area contributed by atoms with Crippen molar-refractivity contribution >= 4 is 11.7 Å². The summed E-state index contributed by atoms with van der Waals surface area (Å²) < 4.78 is 10.3. The molecule has 0 aromatic heterocycles. The quantitative estimate of drug-likeness (QED) is 0.459. The van der Waals surface area contributed by atoms with Gasteiger partial charge in [0.05, 0.1) is 6.61 Å². The standard InChI is InChI=1S/C14H21NO3/c1-11(2)5-4-8-17-14(16)10-18-13-7-3-6-12(15)9-13/h3,6-7,9,11H,4-5,8,10,15H2,1-2H3. The Balaban J connectivity index is 2.17. The first-order valence-corrected chi connectivity index (χ1v) is 6.22. The van der Waals surface area contributed by atoms with E-state index in [1.165, 1.54) is 0 Å². The summed E-state index contributed by atoms with van der Waals surface area (Å²) in [7, 11) is 0. The molecule has 0 spiro atoms. The molecule has 0 saturated heterocycles. The molecule has 1 aromatic carbocycles. The Morgan fingerprint density at radius 2 is 2.17 bits per heavy atom. The second-order valence-electron chi connectivity index (χ2n) is 4.62. The highest BCUT2D eigenvalue weighted by atomic mass is 16.6. The van der Waals surface area contributed by atoms with E-state index in [9.17, 15) is 4.79 Å². The first kappa shape index (κ1) is 14.4. The van der Waals surface area contributed by atoms with Crippen LogP contribution in [0.2, 0.25) is 0 Å². The molecule has 0 bridgehead atoms. The summed E-state index contributed by atoms with van der Waals surface area (Å²) in [5.41, 5.74) is 6.20. The monoisotopic (exact) mass is 251 g/mol. The van der Waals surface area contributed by atoms with Crippen molar-refractivity contribution in [3.05, 3.63) is 24.3 Å². The zero-order chi connectivity index (χ0) is 13.4. The van der Waals surface area contributed by atoms with Crippen molar-refractivity contribution in [2.45, 2.75) is 26.7 Å². The van der Waals surface area contributed by atoms with Gasteiger partial charge in [0, 0.05) is 11.8 Å².